The number of halogens is 7. The monoisotopic (exact) mass is 515 g/mol. The van der Waals surface area contributed by atoms with Gasteiger partial charge in [-0.3, -0.25) is 4.98 Å². The van der Waals surface area contributed by atoms with Crippen molar-refractivity contribution < 1.29 is 40.6 Å². The van der Waals surface area contributed by atoms with Gasteiger partial charge in [0.1, 0.15) is 29.4 Å². The zero-order chi connectivity index (χ0) is 26.1. The second-order valence-electron chi connectivity index (χ2n) is 7.90. The summed E-state index contributed by atoms with van der Waals surface area (Å²) in [6, 6.07) is 3.92. The molecule has 14 heteroatoms. The highest BCUT2D eigenvalue weighted by atomic mass is 19.4. The summed E-state index contributed by atoms with van der Waals surface area (Å²) in [4.78, 5) is 3.74. The van der Waals surface area contributed by atoms with E-state index in [4.69, 9.17) is 0 Å². The van der Waals surface area contributed by atoms with Gasteiger partial charge >= 0.3 is 12.3 Å². The molecule has 1 aliphatic carbocycles. The molecule has 2 atom stereocenters. The molecule has 0 amide bonds. The SMILES string of the molecule is O[C@@](Cn1cnnn1)(c1ccc(F)cc1F)C(F)(F)c1ccc(C2C=CC(OC(F)(F)F)=CC2)cn1. The largest absolute Gasteiger partial charge is 0.573 e. The molecular weight excluding hydrogens is 499 g/mol. The number of ether oxygens (including phenoxy) is 1. The Balaban J connectivity index is 1.63. The summed E-state index contributed by atoms with van der Waals surface area (Å²) in [5.74, 6) is -7.56. The predicted octanol–water partition coefficient (Wildman–Crippen LogP) is 4.49. The van der Waals surface area contributed by atoms with Gasteiger partial charge in [-0.25, -0.2) is 13.5 Å². The van der Waals surface area contributed by atoms with E-state index in [1.54, 1.807) is 0 Å². The van der Waals surface area contributed by atoms with Gasteiger partial charge < -0.3 is 9.84 Å². The Kier molecular flexibility index (Phi) is 6.56. The van der Waals surface area contributed by atoms with E-state index in [1.807, 2.05) is 0 Å². The number of allylic oxidation sites excluding steroid dienone is 3. The summed E-state index contributed by atoms with van der Waals surface area (Å²) in [6.07, 6.45) is 0.941. The summed E-state index contributed by atoms with van der Waals surface area (Å²) in [6.45, 7) is -1.00. The van der Waals surface area contributed by atoms with E-state index in [0.29, 0.717) is 17.7 Å². The second-order valence-corrected chi connectivity index (χ2v) is 7.90. The van der Waals surface area contributed by atoms with Crippen LogP contribution < -0.4 is 0 Å². The van der Waals surface area contributed by atoms with Gasteiger partial charge in [0.25, 0.3) is 0 Å². The van der Waals surface area contributed by atoms with Crippen molar-refractivity contribution in [3.8, 4) is 0 Å². The van der Waals surface area contributed by atoms with Crippen molar-refractivity contribution in [3.63, 3.8) is 0 Å². The summed E-state index contributed by atoms with van der Waals surface area (Å²) in [7, 11) is 0. The van der Waals surface area contributed by atoms with Crippen molar-refractivity contribution >= 4 is 0 Å². The molecule has 0 fully saturated rings. The lowest BCUT2D eigenvalue weighted by Gasteiger charge is -2.35. The molecule has 0 saturated heterocycles. The molecule has 2 aromatic heterocycles. The predicted molar refractivity (Wildman–Crippen MR) is 108 cm³/mol. The van der Waals surface area contributed by atoms with Gasteiger partial charge in [0, 0.05) is 23.7 Å². The van der Waals surface area contributed by atoms with E-state index in [9.17, 15) is 27.1 Å². The van der Waals surface area contributed by atoms with Crippen molar-refractivity contribution in [3.05, 3.63) is 95.3 Å². The van der Waals surface area contributed by atoms with Crippen LogP contribution >= 0.6 is 0 Å². The Morgan fingerprint density at radius 2 is 1.86 bits per heavy atom. The van der Waals surface area contributed by atoms with Crippen LogP contribution in [0, 0.1) is 11.6 Å². The molecule has 2 heterocycles. The Bertz CT molecular complexity index is 1280. The quantitative estimate of drug-likeness (QED) is 0.467. The molecule has 0 bridgehead atoms. The molecule has 36 heavy (non-hydrogen) atoms. The van der Waals surface area contributed by atoms with Crippen LogP contribution in [0.1, 0.15) is 29.2 Å². The summed E-state index contributed by atoms with van der Waals surface area (Å²) in [5, 5.41) is 21.2. The van der Waals surface area contributed by atoms with E-state index in [-0.39, 0.29) is 6.42 Å². The molecule has 0 aliphatic heterocycles. The molecule has 4 rings (SSSR count). The van der Waals surface area contributed by atoms with Crippen molar-refractivity contribution in [2.45, 2.75) is 36.8 Å². The number of tetrazole rings is 1. The fraction of sp³-hybridized carbons (Fsp3) is 0.273. The number of nitrogens with zero attached hydrogens (tertiary/aromatic N) is 5. The lowest BCUT2D eigenvalue weighted by Crippen LogP contribution is -2.48. The third-order valence-corrected chi connectivity index (χ3v) is 5.51. The third kappa shape index (κ3) is 5.08. The first-order chi connectivity index (χ1) is 16.9. The summed E-state index contributed by atoms with van der Waals surface area (Å²) < 4.78 is 101. The molecule has 0 saturated carbocycles. The molecule has 1 N–H and O–H groups in total. The Morgan fingerprint density at radius 3 is 2.42 bits per heavy atom. The Hall–Kier alpha value is -3.81. The summed E-state index contributed by atoms with van der Waals surface area (Å²) in [5.41, 5.74) is -4.74. The van der Waals surface area contributed by atoms with E-state index in [2.05, 4.69) is 25.2 Å². The topological polar surface area (TPSA) is 86.0 Å². The molecule has 190 valence electrons. The van der Waals surface area contributed by atoms with Gasteiger partial charge in [-0.1, -0.05) is 12.1 Å². The van der Waals surface area contributed by atoms with Crippen molar-refractivity contribution in [2.75, 3.05) is 0 Å². The number of aliphatic hydroxyl groups is 1. The minimum Gasteiger partial charge on any atom is -0.406 e. The van der Waals surface area contributed by atoms with Crippen LogP contribution in [0.5, 0.6) is 0 Å². The average Bonchev–Trinajstić information content (AvgIpc) is 3.31. The van der Waals surface area contributed by atoms with Gasteiger partial charge in [0.05, 0.1) is 6.54 Å². The standard InChI is InChI=1S/C22H16F7N5O2/c23-15-4-7-17(18(24)9-15)20(35,11-34-12-31-32-33-34)21(25,26)19-8-3-14(10-30-19)13-1-5-16(6-2-13)36-22(27,28)29/h1,3-10,12-13,35H,2,11H2/t13?,20-/m0/s1. The third-order valence-electron chi connectivity index (χ3n) is 5.51. The number of alkyl halides is 5. The number of benzene rings is 1. The first kappa shape index (κ1) is 25.3. The Morgan fingerprint density at radius 1 is 1.08 bits per heavy atom. The zero-order valence-electron chi connectivity index (χ0n) is 18.0. The maximum absolute atomic E-state index is 15.7. The molecule has 1 aromatic carbocycles. The van der Waals surface area contributed by atoms with Crippen LogP contribution in [0.3, 0.4) is 0 Å². The van der Waals surface area contributed by atoms with Crippen LogP contribution in [-0.4, -0.2) is 36.7 Å². The highest BCUT2D eigenvalue weighted by Gasteiger charge is 2.58. The van der Waals surface area contributed by atoms with E-state index < -0.39 is 59.0 Å². The first-order valence-corrected chi connectivity index (χ1v) is 10.3. The fourth-order valence-corrected chi connectivity index (χ4v) is 3.75. The molecule has 3 aromatic rings. The fourth-order valence-electron chi connectivity index (χ4n) is 3.75. The molecule has 1 aliphatic rings. The van der Waals surface area contributed by atoms with Crippen molar-refractivity contribution in [1.82, 2.24) is 25.2 Å². The van der Waals surface area contributed by atoms with Gasteiger partial charge in [0.2, 0.25) is 0 Å². The van der Waals surface area contributed by atoms with Crippen LogP contribution in [-0.2, 0) is 22.8 Å². The number of pyridine rings is 1. The highest BCUT2D eigenvalue weighted by molar-refractivity contribution is 5.34. The number of hydrogen-bond donors (Lipinski definition) is 1. The van der Waals surface area contributed by atoms with Crippen LogP contribution in [0.25, 0.3) is 0 Å². The van der Waals surface area contributed by atoms with Crippen molar-refractivity contribution in [2.24, 2.45) is 0 Å². The lowest BCUT2D eigenvalue weighted by atomic mass is 9.84. The van der Waals surface area contributed by atoms with Gasteiger partial charge in [0.15, 0.2) is 5.60 Å². The Labute approximate surface area is 198 Å². The van der Waals surface area contributed by atoms with Crippen LogP contribution in [0.15, 0.2) is 66.8 Å². The zero-order valence-corrected chi connectivity index (χ0v) is 18.0. The van der Waals surface area contributed by atoms with Crippen molar-refractivity contribution in [1.29, 1.82) is 0 Å². The number of hydrogen-bond acceptors (Lipinski definition) is 6. The lowest BCUT2D eigenvalue weighted by molar-refractivity contribution is -0.303. The van der Waals surface area contributed by atoms with E-state index in [0.717, 1.165) is 35.4 Å². The van der Waals surface area contributed by atoms with Gasteiger partial charge in [-0.15, -0.1) is 18.3 Å². The van der Waals surface area contributed by atoms with Crippen LogP contribution in [0.4, 0.5) is 30.7 Å². The normalized spacial score (nSPS) is 18.0. The molecular formula is C22H16F7N5O2. The number of rotatable bonds is 7. The average molecular weight is 515 g/mol. The second kappa shape index (κ2) is 9.33. The van der Waals surface area contributed by atoms with Gasteiger partial charge in [-0.05, 0) is 52.8 Å². The molecule has 0 spiro atoms. The molecule has 0 radical (unpaired) electrons. The first-order valence-electron chi connectivity index (χ1n) is 10.3. The minimum absolute atomic E-state index is 0.0867. The maximum Gasteiger partial charge on any atom is 0.573 e. The maximum atomic E-state index is 15.7. The van der Waals surface area contributed by atoms with E-state index in [1.165, 1.54) is 18.2 Å². The number of aromatic nitrogens is 5. The minimum atomic E-state index is -4.85. The summed E-state index contributed by atoms with van der Waals surface area (Å²) >= 11 is 0. The van der Waals surface area contributed by atoms with E-state index >= 15 is 8.78 Å². The molecule has 1 unspecified atom stereocenters. The smallest absolute Gasteiger partial charge is 0.406 e. The highest BCUT2D eigenvalue weighted by Crippen LogP contribution is 2.47. The molecule has 7 nitrogen and oxygen atoms in total. The van der Waals surface area contributed by atoms with Gasteiger partial charge in [-0.2, -0.15) is 8.78 Å². The van der Waals surface area contributed by atoms with Crippen LogP contribution in [0.2, 0.25) is 0 Å².